The highest BCUT2D eigenvalue weighted by atomic mass is 16.7. The van der Waals surface area contributed by atoms with Crippen LogP contribution in [0.5, 0.6) is 28.7 Å². The summed E-state index contributed by atoms with van der Waals surface area (Å²) in [6, 6.07) is 6.75. The molecule has 0 aromatic heterocycles. The molecule has 0 saturated carbocycles. The van der Waals surface area contributed by atoms with Crippen LogP contribution in [0.15, 0.2) is 65.5 Å². The molecule has 1 fully saturated rings. The first-order valence-corrected chi connectivity index (χ1v) is 22.9. The molecule has 17 heteroatoms. The van der Waals surface area contributed by atoms with Gasteiger partial charge in [-0.15, -0.1) is 0 Å². The lowest BCUT2D eigenvalue weighted by Gasteiger charge is -2.43. The number of nitrogens with one attached hydrogen (secondary N) is 1. The van der Waals surface area contributed by atoms with Gasteiger partial charge in [-0.2, -0.15) is 5.10 Å². The molecule has 11 atom stereocenters. The van der Waals surface area contributed by atoms with Crippen molar-refractivity contribution in [2.75, 3.05) is 25.5 Å². The van der Waals surface area contributed by atoms with Crippen LogP contribution in [0.4, 0.5) is 5.69 Å². The third kappa shape index (κ3) is 10.0. The number of Topliss-reactive ketones (excluding diaryl/α,β-unsaturated/α-hetero) is 1. The van der Waals surface area contributed by atoms with Gasteiger partial charge in [-0.1, -0.05) is 64.1 Å². The largest absolute Gasteiger partial charge is 0.508 e. The first kappa shape index (κ1) is 51.3. The van der Waals surface area contributed by atoms with Crippen molar-refractivity contribution in [2.24, 2.45) is 28.8 Å². The van der Waals surface area contributed by atoms with Crippen molar-refractivity contribution in [1.82, 2.24) is 9.91 Å². The number of fused-ring (bicyclic) bond motifs is 14. The van der Waals surface area contributed by atoms with Gasteiger partial charge >= 0.3 is 11.8 Å². The summed E-state index contributed by atoms with van der Waals surface area (Å²) in [5, 5.41) is 78.4. The number of esters is 1. The van der Waals surface area contributed by atoms with E-state index in [0.717, 1.165) is 5.56 Å². The van der Waals surface area contributed by atoms with Gasteiger partial charge < -0.3 is 54.9 Å². The average Bonchev–Trinajstić information content (AvgIpc) is 3.55. The second kappa shape index (κ2) is 20.6. The number of phenolic OH excluding ortho intramolecular Hbond substituents is 4. The number of aliphatic hydroxyl groups is 2. The molecule has 7 rings (SSSR count). The van der Waals surface area contributed by atoms with Crippen LogP contribution in [0.2, 0.25) is 0 Å². The summed E-state index contributed by atoms with van der Waals surface area (Å²) in [5.41, 5.74) is 0.274. The van der Waals surface area contributed by atoms with E-state index in [-0.39, 0.29) is 62.3 Å². The highest BCUT2D eigenvalue weighted by Crippen LogP contribution is 2.55. The number of aromatic hydroxyl groups is 4. The Bertz CT molecular complexity index is 2530. The molecule has 1 saturated heterocycles. The number of allylic oxidation sites excluding steroid dienone is 2. The summed E-state index contributed by atoms with van der Waals surface area (Å²) in [4.78, 5) is 43.2. The molecule has 7 N–H and O–H groups in total. The minimum Gasteiger partial charge on any atom is -0.508 e. The van der Waals surface area contributed by atoms with Crippen LogP contribution in [-0.2, 0) is 30.3 Å². The van der Waals surface area contributed by atoms with E-state index in [9.17, 15) is 45.0 Å². The number of carbonyl (C=O) groups excluding carboxylic acids is 3. The van der Waals surface area contributed by atoms with E-state index in [2.05, 4.69) is 10.2 Å². The molecular weight excluding hydrogens is 877 g/mol. The van der Waals surface area contributed by atoms with Gasteiger partial charge in [-0.05, 0) is 39.8 Å². The molecule has 4 aliphatic heterocycles. The van der Waals surface area contributed by atoms with E-state index in [1.165, 1.54) is 59.4 Å². The van der Waals surface area contributed by atoms with E-state index in [4.69, 9.17) is 24.0 Å². The molecule has 0 aliphatic carbocycles. The van der Waals surface area contributed by atoms with Crippen molar-refractivity contribution in [3.8, 4) is 28.7 Å². The predicted molar refractivity (Wildman–Crippen MR) is 256 cm³/mol. The first-order chi connectivity index (χ1) is 32.0. The van der Waals surface area contributed by atoms with Crippen molar-refractivity contribution in [1.29, 1.82) is 0 Å². The van der Waals surface area contributed by atoms with Gasteiger partial charge in [0.2, 0.25) is 0 Å². The highest BCUT2D eigenvalue weighted by molar-refractivity contribution is 6.23. The maximum absolute atomic E-state index is 14.6. The van der Waals surface area contributed by atoms with Crippen molar-refractivity contribution < 1.29 is 64.0 Å². The predicted octanol–water partition coefficient (Wildman–Crippen LogP) is 6.39. The fraction of sp³-hybridized carbons (Fsp3) is 0.490. The highest BCUT2D eigenvalue weighted by Gasteiger charge is 2.50. The lowest BCUT2D eigenvalue weighted by Crippen LogP contribution is -2.54. The Morgan fingerprint density at radius 2 is 1.57 bits per heavy atom. The number of ether oxygens (including phenoxy) is 4. The van der Waals surface area contributed by atoms with E-state index in [1.54, 1.807) is 52.0 Å². The first-order valence-electron chi connectivity index (χ1n) is 22.9. The topological polar surface area (TPSA) is 240 Å². The Hall–Kier alpha value is -6.14. The van der Waals surface area contributed by atoms with Crippen LogP contribution < -0.4 is 10.1 Å². The van der Waals surface area contributed by atoms with Gasteiger partial charge in [0.05, 0.1) is 65.1 Å². The molecule has 368 valence electrons. The number of ketones is 1. The Morgan fingerprint density at radius 3 is 2.21 bits per heavy atom. The van der Waals surface area contributed by atoms with Crippen molar-refractivity contribution in [2.45, 2.75) is 118 Å². The molecule has 4 aliphatic rings. The van der Waals surface area contributed by atoms with Crippen molar-refractivity contribution in [3.63, 3.8) is 0 Å². The van der Waals surface area contributed by atoms with Crippen LogP contribution in [0, 0.1) is 30.6 Å². The van der Waals surface area contributed by atoms with Gasteiger partial charge in [0.25, 0.3) is 11.7 Å². The number of phenols is 4. The van der Waals surface area contributed by atoms with Crippen LogP contribution in [0.25, 0.3) is 10.8 Å². The Morgan fingerprint density at radius 1 is 0.912 bits per heavy atom. The number of piperazine rings is 1. The minimum atomic E-state index is -2.08. The number of methoxy groups -OCH3 is 1. The van der Waals surface area contributed by atoms with Crippen molar-refractivity contribution in [3.05, 3.63) is 82.7 Å². The van der Waals surface area contributed by atoms with E-state index < -0.39 is 88.8 Å². The zero-order valence-electron chi connectivity index (χ0n) is 40.6. The van der Waals surface area contributed by atoms with Crippen molar-refractivity contribution >= 4 is 40.3 Å². The summed E-state index contributed by atoms with van der Waals surface area (Å²) in [5.74, 6) is -8.45. The SMILES string of the molecule is CO[C@H]1/C=C/O[C@@]2(C)Oc3c(C)c(O)c4c(O)c(c(/C=N/N5C(C)CN(Cc6ccccc6O)CC5C)c(O)c4c3C2=O)NC(=O)/C(C)=C\C=C\[C@H](C)[C@H](O)[C@@H](C)[C@@H](O)[C@@H](C)[C@H](OC(C)=O)[C@@H]1C. The molecule has 3 aromatic rings. The Labute approximate surface area is 396 Å². The summed E-state index contributed by atoms with van der Waals surface area (Å²) < 4.78 is 23.8. The monoisotopic (exact) mass is 942 g/mol. The van der Waals surface area contributed by atoms with E-state index in [0.29, 0.717) is 19.6 Å². The van der Waals surface area contributed by atoms with Crippen LogP contribution in [-0.4, -0.2) is 127 Å². The molecule has 0 radical (unpaired) electrons. The summed E-state index contributed by atoms with van der Waals surface area (Å²) >= 11 is 0. The second-order valence-corrected chi connectivity index (χ2v) is 18.8. The van der Waals surface area contributed by atoms with Gasteiger partial charge in [-0.3, -0.25) is 24.3 Å². The maximum atomic E-state index is 14.6. The lowest BCUT2D eigenvalue weighted by molar-refractivity contribution is -0.160. The molecule has 68 heavy (non-hydrogen) atoms. The number of anilines is 1. The number of hydrogen-bond acceptors (Lipinski definition) is 16. The number of nitrogens with zero attached hydrogens (tertiary/aromatic N) is 3. The number of hydrogen-bond donors (Lipinski definition) is 7. The Kier molecular flexibility index (Phi) is 15.5. The molecule has 4 heterocycles. The third-order valence-corrected chi connectivity index (χ3v) is 13.7. The summed E-state index contributed by atoms with van der Waals surface area (Å²) in [6.07, 6.45) is 4.75. The van der Waals surface area contributed by atoms with Gasteiger partial charge in [0.15, 0.2) is 5.75 Å². The summed E-state index contributed by atoms with van der Waals surface area (Å²) in [7, 11) is 1.43. The molecule has 3 aromatic carbocycles. The third-order valence-electron chi connectivity index (χ3n) is 13.7. The number of hydrazone groups is 1. The molecule has 2 unspecified atom stereocenters. The van der Waals surface area contributed by atoms with E-state index >= 15 is 0 Å². The quantitative estimate of drug-likeness (QED) is 0.0614. The fourth-order valence-electron chi connectivity index (χ4n) is 9.66. The lowest BCUT2D eigenvalue weighted by atomic mass is 9.78. The smallest absolute Gasteiger partial charge is 0.312 e. The average molecular weight is 943 g/mol. The minimum absolute atomic E-state index is 0.0346. The fourth-order valence-corrected chi connectivity index (χ4v) is 9.66. The second-order valence-electron chi connectivity index (χ2n) is 18.8. The Balaban J connectivity index is 1.48. The molecule has 1 amide bonds. The number of benzene rings is 3. The number of amides is 1. The number of rotatable bonds is 6. The van der Waals surface area contributed by atoms with Gasteiger partial charge in [0.1, 0.15) is 29.1 Å². The van der Waals surface area contributed by atoms with Crippen LogP contribution in [0.1, 0.15) is 89.4 Å². The standard InChI is InChI=1S/C51H66N4O13/c1-25-15-14-16-26(2)50(64)53-41-35(21-52-55-27(3)22-54(23-28(55)4)24-34-17-12-13-18-36(34)57)45(61)38-39(46(41)62)44(60)32(8)48-40(38)49(63)51(10,68-48)66-20-19-37(65-11)29(5)47(67-33(9)56)31(7)43(59)30(6)42(25)58/h12-21,25,27-31,37,42-43,47,57-62H,22-24H2,1-11H3,(H,53,64)/b15-14+,20-19+,26-16-,52-21+/t25-,27?,28?,29+,30+,31+,37-,42-,43+,47+,51-/m0/s1. The molecular formula is C51H66N4O13. The van der Waals surface area contributed by atoms with Crippen LogP contribution in [0.3, 0.4) is 0 Å². The zero-order valence-corrected chi connectivity index (χ0v) is 40.6. The summed E-state index contributed by atoms with van der Waals surface area (Å²) in [6.45, 7) is 18.0. The molecule has 17 nitrogen and oxygen atoms in total. The number of para-hydroxylation sites is 1. The number of carbonyl (C=O) groups is 3. The maximum Gasteiger partial charge on any atom is 0.312 e. The zero-order chi connectivity index (χ0) is 50.1. The van der Waals surface area contributed by atoms with Gasteiger partial charge in [0, 0.05) is 86.3 Å². The van der Waals surface area contributed by atoms with Crippen LogP contribution >= 0.6 is 0 Å². The molecule has 5 bridgehead atoms. The van der Waals surface area contributed by atoms with Gasteiger partial charge in [-0.25, -0.2) is 0 Å². The van der Waals surface area contributed by atoms with E-state index in [1.807, 2.05) is 31.0 Å². The number of aliphatic hydroxyl groups excluding tert-OH is 2. The molecule has 0 spiro atoms. The normalized spacial score (nSPS) is 31.5.